The number of ketones is 1. The number of fused-ring (bicyclic) bond motifs is 1. The van der Waals surface area contributed by atoms with Crippen molar-refractivity contribution >= 4 is 38.7 Å². The predicted octanol–water partition coefficient (Wildman–Crippen LogP) is 6.57. The van der Waals surface area contributed by atoms with Crippen LogP contribution >= 0.6 is 15.9 Å². The number of benzene rings is 2. The Morgan fingerprint density at radius 1 is 0.969 bits per heavy atom. The van der Waals surface area contributed by atoms with Crippen LogP contribution in [0.1, 0.15) is 49.0 Å². The van der Waals surface area contributed by atoms with Crippen molar-refractivity contribution in [3.05, 3.63) is 86.3 Å². The number of aromatic nitrogens is 1. The highest BCUT2D eigenvalue weighted by atomic mass is 79.9. The number of ether oxygens (including phenoxy) is 1. The predicted molar refractivity (Wildman–Crippen MR) is 128 cm³/mol. The first kappa shape index (κ1) is 22.1. The van der Waals surface area contributed by atoms with Crippen LogP contribution in [0.15, 0.2) is 51.4 Å². The van der Waals surface area contributed by atoms with Gasteiger partial charge in [-0.25, -0.2) is 4.79 Å². The fourth-order valence-electron chi connectivity index (χ4n) is 3.97. The van der Waals surface area contributed by atoms with Gasteiger partial charge in [0, 0.05) is 38.1 Å². The Morgan fingerprint density at radius 3 is 2.44 bits per heavy atom. The fraction of sp³-hybridized carbons (Fsp3) is 0.231. The molecular formula is C26H24BrNO4. The Balaban J connectivity index is 1.54. The third-order valence-electron chi connectivity index (χ3n) is 5.90. The topological polar surface area (TPSA) is 61.4 Å². The Morgan fingerprint density at radius 2 is 1.72 bits per heavy atom. The number of esters is 1. The monoisotopic (exact) mass is 493 g/mol. The molecule has 4 aromatic rings. The number of rotatable bonds is 5. The van der Waals surface area contributed by atoms with Crippen LogP contribution < -0.4 is 0 Å². The van der Waals surface area contributed by atoms with Gasteiger partial charge in [-0.2, -0.15) is 0 Å². The van der Waals surface area contributed by atoms with Crippen molar-refractivity contribution in [3.8, 4) is 5.69 Å². The maximum Gasteiger partial charge on any atom is 0.375 e. The maximum atomic E-state index is 12.9. The largest absolute Gasteiger partial charge is 0.451 e. The second-order valence-corrected chi connectivity index (χ2v) is 9.00. The highest BCUT2D eigenvalue weighted by Crippen LogP contribution is 2.29. The molecule has 2 heterocycles. The molecule has 0 fully saturated rings. The van der Waals surface area contributed by atoms with Crippen molar-refractivity contribution in [2.24, 2.45) is 0 Å². The number of carbonyl (C=O) groups is 2. The van der Waals surface area contributed by atoms with E-state index in [4.69, 9.17) is 9.15 Å². The number of Topliss-reactive ketones (excluding diaryl/α,β-unsaturated/α-hetero) is 1. The summed E-state index contributed by atoms with van der Waals surface area (Å²) in [5, 5.41) is 0.828. The van der Waals surface area contributed by atoms with Crippen LogP contribution in [0.4, 0.5) is 0 Å². The molecule has 0 atom stereocenters. The lowest BCUT2D eigenvalue weighted by Gasteiger charge is -2.12. The molecule has 2 aromatic heterocycles. The molecular weight excluding hydrogens is 470 g/mol. The van der Waals surface area contributed by atoms with Gasteiger partial charge in [0.25, 0.3) is 0 Å². The number of hydrogen-bond donors (Lipinski definition) is 0. The lowest BCUT2D eigenvalue weighted by atomic mass is 10.1. The molecule has 6 heteroatoms. The van der Waals surface area contributed by atoms with Crippen LogP contribution in [-0.2, 0) is 4.74 Å². The van der Waals surface area contributed by atoms with Crippen molar-refractivity contribution < 1.29 is 18.7 Å². The normalized spacial score (nSPS) is 11.2. The van der Waals surface area contributed by atoms with Gasteiger partial charge < -0.3 is 13.7 Å². The summed E-state index contributed by atoms with van der Waals surface area (Å²) < 4.78 is 13.9. The lowest BCUT2D eigenvalue weighted by molar-refractivity contribution is 0.0445. The van der Waals surface area contributed by atoms with E-state index in [1.54, 1.807) is 13.0 Å². The van der Waals surface area contributed by atoms with Gasteiger partial charge in [-0.1, -0.05) is 22.0 Å². The van der Waals surface area contributed by atoms with Gasteiger partial charge >= 0.3 is 5.97 Å². The van der Waals surface area contributed by atoms with Gasteiger partial charge in [0.2, 0.25) is 11.5 Å². The van der Waals surface area contributed by atoms with E-state index in [-0.39, 0.29) is 18.2 Å². The second-order valence-electron chi connectivity index (χ2n) is 8.08. The molecule has 32 heavy (non-hydrogen) atoms. The van der Waals surface area contributed by atoms with E-state index in [0.717, 1.165) is 26.9 Å². The summed E-state index contributed by atoms with van der Waals surface area (Å²) in [6, 6.07) is 13.6. The van der Waals surface area contributed by atoms with Crippen LogP contribution in [0.3, 0.4) is 0 Å². The van der Waals surface area contributed by atoms with Crippen molar-refractivity contribution in [1.29, 1.82) is 0 Å². The Hall–Kier alpha value is -3.12. The lowest BCUT2D eigenvalue weighted by Crippen LogP contribution is -2.15. The minimum absolute atomic E-state index is 0.117. The van der Waals surface area contributed by atoms with Gasteiger partial charge in [0.15, 0.2) is 6.61 Å². The maximum absolute atomic E-state index is 12.9. The first-order valence-electron chi connectivity index (χ1n) is 10.3. The number of halogens is 1. The molecule has 0 spiro atoms. The number of hydrogen-bond acceptors (Lipinski definition) is 4. The molecule has 0 saturated carbocycles. The average molecular weight is 494 g/mol. The Labute approximate surface area is 195 Å². The molecule has 164 valence electrons. The van der Waals surface area contributed by atoms with Crippen LogP contribution in [-0.4, -0.2) is 22.9 Å². The summed E-state index contributed by atoms with van der Waals surface area (Å²) in [6.07, 6.45) is 0. The number of aryl methyl sites for hydroxylation is 4. The SMILES string of the molecule is Cc1ccc(-n2c(C)cc(C(=O)COC(=O)c3oc4ccc(Br)cc4c3C)c2C)cc1C. The quantitative estimate of drug-likeness (QED) is 0.233. The van der Waals surface area contributed by atoms with E-state index in [2.05, 4.69) is 41.9 Å². The second kappa shape index (κ2) is 8.43. The van der Waals surface area contributed by atoms with Crippen molar-refractivity contribution in [2.75, 3.05) is 6.61 Å². The molecule has 5 nitrogen and oxygen atoms in total. The van der Waals surface area contributed by atoms with Crippen LogP contribution in [0.25, 0.3) is 16.7 Å². The van der Waals surface area contributed by atoms with Crippen LogP contribution in [0.5, 0.6) is 0 Å². The Kier molecular flexibility index (Phi) is 5.82. The van der Waals surface area contributed by atoms with E-state index in [9.17, 15) is 9.59 Å². The molecule has 0 aliphatic heterocycles. The molecule has 0 N–H and O–H groups in total. The van der Waals surface area contributed by atoms with E-state index < -0.39 is 5.97 Å². The highest BCUT2D eigenvalue weighted by molar-refractivity contribution is 9.10. The van der Waals surface area contributed by atoms with Crippen molar-refractivity contribution in [3.63, 3.8) is 0 Å². The zero-order valence-corrected chi connectivity index (χ0v) is 20.3. The number of carbonyl (C=O) groups excluding carboxylic acids is 2. The zero-order chi connectivity index (χ0) is 23.2. The van der Waals surface area contributed by atoms with Crippen molar-refractivity contribution in [2.45, 2.75) is 34.6 Å². The van der Waals surface area contributed by atoms with E-state index >= 15 is 0 Å². The van der Waals surface area contributed by atoms with E-state index in [1.165, 1.54) is 11.1 Å². The summed E-state index contributed by atoms with van der Waals surface area (Å²) in [5.41, 5.74) is 6.99. The first-order valence-corrected chi connectivity index (χ1v) is 11.1. The van der Waals surface area contributed by atoms with E-state index in [0.29, 0.717) is 16.7 Å². The zero-order valence-electron chi connectivity index (χ0n) is 18.7. The minimum Gasteiger partial charge on any atom is -0.451 e. The smallest absolute Gasteiger partial charge is 0.375 e. The minimum atomic E-state index is -0.647. The third-order valence-corrected chi connectivity index (χ3v) is 6.39. The molecule has 0 aliphatic rings. The van der Waals surface area contributed by atoms with Crippen LogP contribution in [0, 0.1) is 34.6 Å². The molecule has 0 amide bonds. The van der Waals surface area contributed by atoms with Gasteiger partial charge in [-0.15, -0.1) is 0 Å². The molecule has 4 rings (SSSR count). The molecule has 0 radical (unpaired) electrons. The molecule has 0 bridgehead atoms. The molecule has 0 unspecified atom stereocenters. The standard InChI is InChI=1S/C26H24BrNO4/c1-14-6-8-20(10-15(14)2)28-16(3)11-22(18(28)5)23(29)13-31-26(30)25-17(4)21-12-19(27)7-9-24(21)32-25/h6-12H,13H2,1-5H3. The third kappa shape index (κ3) is 3.91. The van der Waals surface area contributed by atoms with Gasteiger partial charge in [-0.3, -0.25) is 4.79 Å². The van der Waals surface area contributed by atoms with E-state index in [1.807, 2.05) is 42.7 Å². The Bertz CT molecular complexity index is 1380. The number of nitrogens with zero attached hydrogens (tertiary/aromatic N) is 1. The van der Waals surface area contributed by atoms with Gasteiger partial charge in [-0.05, 0) is 82.1 Å². The highest BCUT2D eigenvalue weighted by Gasteiger charge is 2.22. The number of furan rings is 1. The molecule has 0 aliphatic carbocycles. The summed E-state index contributed by atoms with van der Waals surface area (Å²) in [7, 11) is 0. The van der Waals surface area contributed by atoms with Gasteiger partial charge in [0.1, 0.15) is 5.58 Å². The summed E-state index contributed by atoms with van der Waals surface area (Å²) in [5.74, 6) is -0.782. The average Bonchev–Trinajstić information content (AvgIpc) is 3.24. The van der Waals surface area contributed by atoms with Crippen LogP contribution in [0.2, 0.25) is 0 Å². The molecule has 0 saturated heterocycles. The fourth-order valence-corrected chi connectivity index (χ4v) is 4.33. The first-order chi connectivity index (χ1) is 15.2. The summed E-state index contributed by atoms with van der Waals surface area (Å²) >= 11 is 3.42. The molecule has 2 aromatic carbocycles. The summed E-state index contributed by atoms with van der Waals surface area (Å²) in [6.45, 7) is 9.45. The summed E-state index contributed by atoms with van der Waals surface area (Å²) in [4.78, 5) is 25.5. The van der Waals surface area contributed by atoms with Gasteiger partial charge in [0.05, 0.1) is 0 Å². The van der Waals surface area contributed by atoms with Crippen molar-refractivity contribution in [1.82, 2.24) is 4.57 Å².